The first-order chi connectivity index (χ1) is 12.8. The number of imide groups is 1. The van der Waals surface area contributed by atoms with Gasteiger partial charge in [0.1, 0.15) is 17.1 Å². The Morgan fingerprint density at radius 2 is 1.78 bits per heavy atom. The first-order valence-corrected chi connectivity index (χ1v) is 7.68. The summed E-state index contributed by atoms with van der Waals surface area (Å²) in [6, 6.07) is 8.32. The number of phenolic OH excluding ortho intramolecular Hbond substituents is 1. The van der Waals surface area contributed by atoms with Gasteiger partial charge in [-0.05, 0) is 42.5 Å². The van der Waals surface area contributed by atoms with Gasteiger partial charge in [-0.1, -0.05) is 11.6 Å². The second-order valence-electron chi connectivity index (χ2n) is 5.02. The van der Waals surface area contributed by atoms with Gasteiger partial charge in [0.05, 0.1) is 0 Å². The number of rotatable bonds is 6. The van der Waals surface area contributed by atoms with E-state index in [4.69, 9.17) is 16.3 Å². The molecule has 0 aliphatic carbocycles. The number of nitrogens with one attached hydrogen (secondary N) is 1. The van der Waals surface area contributed by atoms with Gasteiger partial charge < -0.3 is 14.6 Å². The fourth-order valence-electron chi connectivity index (χ4n) is 1.90. The van der Waals surface area contributed by atoms with Gasteiger partial charge in [-0.25, -0.2) is 4.79 Å². The van der Waals surface area contributed by atoms with Crippen LogP contribution in [0.2, 0.25) is 5.02 Å². The van der Waals surface area contributed by atoms with Crippen molar-refractivity contribution >= 4 is 29.4 Å². The van der Waals surface area contributed by atoms with Crippen LogP contribution in [0.3, 0.4) is 0 Å². The zero-order valence-electron chi connectivity index (χ0n) is 13.4. The molecule has 0 aliphatic rings. The molecule has 7 nitrogen and oxygen atoms in total. The van der Waals surface area contributed by atoms with Crippen molar-refractivity contribution < 1.29 is 37.7 Å². The topological polar surface area (TPSA) is 102 Å². The molecule has 0 heterocycles. The molecule has 2 amide bonds. The highest BCUT2D eigenvalue weighted by molar-refractivity contribution is 6.31. The Hall–Kier alpha value is -3.20. The van der Waals surface area contributed by atoms with Gasteiger partial charge >= 0.3 is 12.6 Å². The third kappa shape index (κ3) is 5.93. The van der Waals surface area contributed by atoms with Crippen molar-refractivity contribution in [3.8, 4) is 11.5 Å². The summed E-state index contributed by atoms with van der Waals surface area (Å²) in [5.41, 5.74) is -0.236. The monoisotopic (exact) mass is 399 g/mol. The first kappa shape index (κ1) is 20.1. The molecule has 0 spiro atoms. The van der Waals surface area contributed by atoms with Gasteiger partial charge in [0.2, 0.25) is 0 Å². The van der Waals surface area contributed by atoms with Crippen LogP contribution < -0.4 is 10.1 Å². The molecule has 0 atom stereocenters. The number of benzene rings is 2. The van der Waals surface area contributed by atoms with Crippen molar-refractivity contribution in [1.29, 1.82) is 0 Å². The number of hydrogen-bond donors (Lipinski definition) is 2. The van der Waals surface area contributed by atoms with E-state index < -0.39 is 31.0 Å². The Kier molecular flexibility index (Phi) is 6.67. The van der Waals surface area contributed by atoms with Crippen molar-refractivity contribution in [2.24, 2.45) is 0 Å². The molecule has 142 valence electrons. The summed E-state index contributed by atoms with van der Waals surface area (Å²) >= 11 is 5.71. The molecular formula is C17H12ClF2NO6. The average molecular weight is 400 g/mol. The van der Waals surface area contributed by atoms with Crippen LogP contribution in [-0.2, 0) is 9.53 Å². The minimum Gasteiger partial charge on any atom is -0.507 e. The first-order valence-electron chi connectivity index (χ1n) is 7.31. The fraction of sp³-hybridized carbons (Fsp3) is 0.118. The van der Waals surface area contributed by atoms with E-state index in [1.54, 1.807) is 0 Å². The Balaban J connectivity index is 1.88. The summed E-state index contributed by atoms with van der Waals surface area (Å²) in [6.07, 6.45) is 0. The molecule has 0 aliphatic heterocycles. The minimum atomic E-state index is -3.00. The normalized spacial score (nSPS) is 10.4. The predicted molar refractivity (Wildman–Crippen MR) is 88.9 cm³/mol. The van der Waals surface area contributed by atoms with Crippen molar-refractivity contribution in [2.75, 3.05) is 6.61 Å². The maximum Gasteiger partial charge on any atom is 0.387 e. The Bertz CT molecular complexity index is 857. The molecule has 0 saturated carbocycles. The Morgan fingerprint density at radius 1 is 1.11 bits per heavy atom. The van der Waals surface area contributed by atoms with E-state index in [0.717, 1.165) is 18.2 Å². The van der Waals surface area contributed by atoms with Crippen molar-refractivity contribution in [2.45, 2.75) is 6.61 Å². The number of ether oxygens (including phenoxy) is 2. The largest absolute Gasteiger partial charge is 0.507 e. The number of carbonyl (C=O) groups excluding carboxylic acids is 3. The van der Waals surface area contributed by atoms with Crippen molar-refractivity contribution in [3.63, 3.8) is 0 Å². The van der Waals surface area contributed by atoms with E-state index in [-0.39, 0.29) is 27.6 Å². The molecule has 0 saturated heterocycles. The molecule has 0 radical (unpaired) electrons. The molecule has 2 aromatic carbocycles. The zero-order chi connectivity index (χ0) is 20.0. The van der Waals surface area contributed by atoms with E-state index in [1.807, 2.05) is 5.32 Å². The summed E-state index contributed by atoms with van der Waals surface area (Å²) < 4.78 is 33.0. The van der Waals surface area contributed by atoms with Crippen molar-refractivity contribution in [1.82, 2.24) is 5.32 Å². The lowest BCUT2D eigenvalue weighted by atomic mass is 10.2. The number of amides is 2. The minimum absolute atomic E-state index is 0.00350. The molecule has 0 fully saturated rings. The quantitative estimate of drug-likeness (QED) is 0.724. The van der Waals surface area contributed by atoms with Crippen LogP contribution in [0.1, 0.15) is 20.7 Å². The number of halogens is 3. The molecule has 2 rings (SSSR count). The molecule has 2 N–H and O–H groups in total. The zero-order valence-corrected chi connectivity index (χ0v) is 14.2. The molecule has 2 aromatic rings. The van der Waals surface area contributed by atoms with Crippen LogP contribution in [0.15, 0.2) is 42.5 Å². The molecule has 10 heteroatoms. The summed E-state index contributed by atoms with van der Waals surface area (Å²) in [5, 5.41) is 11.7. The smallest absolute Gasteiger partial charge is 0.387 e. The highest BCUT2D eigenvalue weighted by Crippen LogP contribution is 2.22. The molecule has 0 aromatic heterocycles. The van der Waals surface area contributed by atoms with Gasteiger partial charge in [0.25, 0.3) is 11.8 Å². The van der Waals surface area contributed by atoms with E-state index in [2.05, 4.69) is 4.74 Å². The van der Waals surface area contributed by atoms with Crippen LogP contribution in [-0.4, -0.2) is 36.1 Å². The van der Waals surface area contributed by atoms with E-state index >= 15 is 0 Å². The highest BCUT2D eigenvalue weighted by Gasteiger charge is 2.17. The lowest BCUT2D eigenvalue weighted by Gasteiger charge is -2.08. The third-order valence-corrected chi connectivity index (χ3v) is 3.34. The molecule has 0 bridgehead atoms. The van der Waals surface area contributed by atoms with Crippen LogP contribution in [0.4, 0.5) is 8.78 Å². The fourth-order valence-corrected chi connectivity index (χ4v) is 2.08. The lowest BCUT2D eigenvalue weighted by molar-refractivity contribution is -0.123. The van der Waals surface area contributed by atoms with Crippen LogP contribution in [0, 0.1) is 0 Å². The van der Waals surface area contributed by atoms with Gasteiger partial charge in [0, 0.05) is 10.6 Å². The summed E-state index contributed by atoms with van der Waals surface area (Å²) in [4.78, 5) is 35.4. The number of phenols is 1. The average Bonchev–Trinajstić information content (AvgIpc) is 2.61. The Morgan fingerprint density at radius 3 is 2.41 bits per heavy atom. The summed E-state index contributed by atoms with van der Waals surface area (Å²) in [7, 11) is 0. The SMILES string of the molecule is O=C(COC(=O)c1cc(Cl)ccc1O)NC(=O)c1ccc(OC(F)F)cc1. The standard InChI is InChI=1S/C17H12ClF2NO6/c18-10-3-6-13(22)12(7-10)16(25)26-8-14(23)21-15(24)9-1-4-11(5-2-9)27-17(19)20/h1-7,17,22H,8H2,(H,21,23,24). The van der Waals surface area contributed by atoms with Gasteiger partial charge in [-0.15, -0.1) is 0 Å². The molecule has 27 heavy (non-hydrogen) atoms. The number of hydrogen-bond acceptors (Lipinski definition) is 6. The highest BCUT2D eigenvalue weighted by atomic mass is 35.5. The van der Waals surface area contributed by atoms with Gasteiger partial charge in [0.15, 0.2) is 6.61 Å². The van der Waals surface area contributed by atoms with E-state index in [0.29, 0.717) is 0 Å². The number of carbonyl (C=O) groups is 3. The predicted octanol–water partition coefficient (Wildman–Crippen LogP) is 2.76. The number of alkyl halides is 2. The Labute approximate surface area is 156 Å². The van der Waals surface area contributed by atoms with E-state index in [9.17, 15) is 28.3 Å². The lowest BCUT2D eigenvalue weighted by Crippen LogP contribution is -2.34. The molecular weight excluding hydrogens is 388 g/mol. The number of aromatic hydroxyl groups is 1. The second kappa shape index (κ2) is 8.95. The van der Waals surface area contributed by atoms with E-state index in [1.165, 1.54) is 24.3 Å². The summed E-state index contributed by atoms with van der Waals surface area (Å²) in [6.45, 7) is -3.79. The maximum absolute atomic E-state index is 12.1. The summed E-state index contributed by atoms with van der Waals surface area (Å²) in [5.74, 6) is -3.30. The van der Waals surface area contributed by atoms with Crippen molar-refractivity contribution in [3.05, 3.63) is 58.6 Å². The van der Waals surface area contributed by atoms with Gasteiger partial charge in [-0.3, -0.25) is 14.9 Å². The second-order valence-corrected chi connectivity index (χ2v) is 5.45. The van der Waals surface area contributed by atoms with Crippen LogP contribution in [0.25, 0.3) is 0 Å². The van der Waals surface area contributed by atoms with Crippen LogP contribution >= 0.6 is 11.6 Å². The maximum atomic E-state index is 12.1. The van der Waals surface area contributed by atoms with Gasteiger partial charge in [-0.2, -0.15) is 8.78 Å². The third-order valence-electron chi connectivity index (χ3n) is 3.11. The molecule has 0 unspecified atom stereocenters. The van der Waals surface area contributed by atoms with Crippen LogP contribution in [0.5, 0.6) is 11.5 Å². The number of esters is 1.